The zero-order valence-corrected chi connectivity index (χ0v) is 34.3. The lowest BCUT2D eigenvalue weighted by atomic mass is 9.56. The van der Waals surface area contributed by atoms with Crippen LogP contribution in [0.25, 0.3) is 0 Å². The van der Waals surface area contributed by atoms with Gasteiger partial charge in [-0.15, -0.1) is 0 Å². The van der Waals surface area contributed by atoms with Gasteiger partial charge >= 0.3 is 0 Å². The summed E-state index contributed by atoms with van der Waals surface area (Å²) >= 11 is 0. The van der Waals surface area contributed by atoms with Gasteiger partial charge in [0, 0.05) is 36.6 Å². The molecule has 0 radical (unpaired) electrons. The lowest BCUT2D eigenvalue weighted by molar-refractivity contribution is -0.149. The lowest BCUT2D eigenvalue weighted by Crippen LogP contribution is -2.63. The highest BCUT2D eigenvalue weighted by atomic mass is 16.2. The van der Waals surface area contributed by atoms with Gasteiger partial charge in [-0.05, 0) is 152 Å². The smallest absolute Gasteiger partial charge is 0.248 e. The molecule has 0 aromatic carbocycles. The largest absolute Gasteiger partial charge is 0.331 e. The Balaban J connectivity index is 0.774. The van der Waals surface area contributed by atoms with Crippen molar-refractivity contribution in [2.75, 3.05) is 53.4 Å². The molecule has 2 unspecified atom stereocenters. The second-order valence-electron chi connectivity index (χ2n) is 18.6. The molecule has 0 saturated carbocycles. The standard InChI is InChI=1S/C46H64N6O4/c1-31-23-33-25-39-37(15-17-41(53)47-39)45(27-31)35(33)13-11-21-51(45)43(55)29-49(3)19-9-7-5-6-8-10-20-50(4)30-44(56)52-22-12-14-36-34-24-32(2)28-46(36,52)38-16-18-42(54)48-40(38)26-34/h15-18,23-24,33-36H,5-14,19-22,25-30H2,1-4H3,(H,47,53)(H,48,54)/t33?,34?,35-,36-,45-,46-/m1/s1. The summed E-state index contributed by atoms with van der Waals surface area (Å²) in [5.74, 6) is 1.96. The van der Waals surface area contributed by atoms with Gasteiger partial charge in [-0.25, -0.2) is 0 Å². The third kappa shape index (κ3) is 7.07. The van der Waals surface area contributed by atoms with Gasteiger partial charge in [0.25, 0.3) is 0 Å². The van der Waals surface area contributed by atoms with Crippen LogP contribution in [-0.2, 0) is 33.5 Å². The van der Waals surface area contributed by atoms with Gasteiger partial charge in [0.2, 0.25) is 22.9 Å². The minimum Gasteiger partial charge on any atom is -0.331 e. The molecule has 2 saturated heterocycles. The molecule has 2 aromatic rings. The number of hydrogen-bond acceptors (Lipinski definition) is 6. The molecule has 2 N–H and O–H groups in total. The molecule has 2 fully saturated rings. The molecule has 10 nitrogen and oxygen atoms in total. The number of aromatic amines is 2. The minimum absolute atomic E-state index is 0.0571. The predicted octanol–water partition coefficient (Wildman–Crippen LogP) is 5.88. The zero-order chi connectivity index (χ0) is 39.2. The Morgan fingerprint density at radius 2 is 1.07 bits per heavy atom. The van der Waals surface area contributed by atoms with E-state index in [-0.39, 0.29) is 34.0 Å². The number of hydrogen-bond donors (Lipinski definition) is 2. The van der Waals surface area contributed by atoms with Crippen LogP contribution in [-0.4, -0.2) is 94.7 Å². The van der Waals surface area contributed by atoms with E-state index < -0.39 is 0 Å². The van der Waals surface area contributed by atoms with E-state index in [0.29, 0.717) is 36.8 Å². The first-order valence-electron chi connectivity index (χ1n) is 21.8. The summed E-state index contributed by atoms with van der Waals surface area (Å²) in [5.41, 5.74) is 6.26. The summed E-state index contributed by atoms with van der Waals surface area (Å²) in [5, 5.41) is 0. The minimum atomic E-state index is -0.352. The summed E-state index contributed by atoms with van der Waals surface area (Å²) in [7, 11) is 4.16. The zero-order valence-electron chi connectivity index (χ0n) is 34.3. The number of likely N-dealkylation sites (N-methyl/N-ethyl adjacent to an activating group) is 2. The molecule has 10 heteroatoms. The van der Waals surface area contributed by atoms with E-state index in [0.717, 1.165) is 115 Å². The Morgan fingerprint density at radius 1 is 0.661 bits per heavy atom. The Kier molecular flexibility index (Phi) is 11.1. The number of piperidine rings is 2. The molecule has 6 atom stereocenters. The molecule has 302 valence electrons. The van der Waals surface area contributed by atoms with E-state index in [1.807, 2.05) is 12.1 Å². The number of pyridine rings is 2. The summed E-state index contributed by atoms with van der Waals surface area (Å²) in [6, 6.07) is 7.32. The Morgan fingerprint density at radius 3 is 1.50 bits per heavy atom. The van der Waals surface area contributed by atoms with E-state index in [1.54, 1.807) is 12.1 Å². The van der Waals surface area contributed by atoms with Crippen molar-refractivity contribution >= 4 is 11.8 Å². The third-order valence-corrected chi connectivity index (χ3v) is 14.7. The van der Waals surface area contributed by atoms with Gasteiger partial charge in [0.15, 0.2) is 0 Å². The van der Waals surface area contributed by atoms with E-state index in [1.165, 1.54) is 35.1 Å². The van der Waals surface area contributed by atoms with Gasteiger partial charge in [-0.2, -0.15) is 0 Å². The lowest BCUT2D eigenvalue weighted by Gasteiger charge is -2.59. The number of aromatic nitrogens is 2. The molecular formula is C46H64N6O4. The number of nitrogens with zero attached hydrogens (tertiary/aromatic N) is 4. The van der Waals surface area contributed by atoms with Crippen LogP contribution in [0.5, 0.6) is 0 Å². The van der Waals surface area contributed by atoms with Gasteiger partial charge < -0.3 is 19.8 Å². The molecule has 6 aliphatic rings. The maximum Gasteiger partial charge on any atom is 0.248 e. The molecule has 2 aromatic heterocycles. The number of amides is 2. The van der Waals surface area contributed by atoms with Crippen LogP contribution in [0.1, 0.15) is 113 Å². The van der Waals surface area contributed by atoms with Crippen LogP contribution in [0.4, 0.5) is 0 Å². The monoisotopic (exact) mass is 764 g/mol. The summed E-state index contributed by atoms with van der Waals surface area (Å²) in [6.07, 6.45) is 19.3. The topological polar surface area (TPSA) is 113 Å². The fourth-order valence-corrected chi connectivity index (χ4v) is 12.6. The van der Waals surface area contributed by atoms with Crippen molar-refractivity contribution in [1.82, 2.24) is 29.6 Å². The van der Waals surface area contributed by atoms with Gasteiger partial charge in [0.1, 0.15) is 0 Å². The SMILES string of the molecule is CC1=CC2Cc3[nH]c(=O)ccc3[C@@]3(C1)[C@@H]2CCCN3C(=O)CN(C)CCCCCCCCN(C)CC(=O)N1CCC[C@@H]2C3C=C(C)C[C@]21c1ccc(=O)[nH]c1C3. The van der Waals surface area contributed by atoms with Crippen molar-refractivity contribution in [3.63, 3.8) is 0 Å². The van der Waals surface area contributed by atoms with Crippen molar-refractivity contribution in [2.24, 2.45) is 23.7 Å². The van der Waals surface area contributed by atoms with Crippen LogP contribution in [0.3, 0.4) is 0 Å². The number of unbranched alkanes of at least 4 members (excludes halogenated alkanes) is 5. The van der Waals surface area contributed by atoms with E-state index in [9.17, 15) is 19.2 Å². The van der Waals surface area contributed by atoms with Crippen molar-refractivity contribution in [1.29, 1.82) is 0 Å². The number of fused-ring (bicyclic) bond motifs is 2. The third-order valence-electron chi connectivity index (χ3n) is 14.7. The first-order chi connectivity index (χ1) is 27.0. The summed E-state index contributed by atoms with van der Waals surface area (Å²) < 4.78 is 0. The maximum atomic E-state index is 14.1. The highest BCUT2D eigenvalue weighted by molar-refractivity contribution is 5.80. The average Bonchev–Trinajstić information content (AvgIpc) is 3.14. The molecule has 2 aliphatic heterocycles. The van der Waals surface area contributed by atoms with E-state index in [4.69, 9.17) is 0 Å². The normalized spacial score (nSPS) is 28.9. The number of carbonyl (C=O) groups excluding carboxylic acids is 2. The fourth-order valence-electron chi connectivity index (χ4n) is 12.6. The van der Waals surface area contributed by atoms with Crippen LogP contribution in [0, 0.1) is 23.7 Å². The molecular weight excluding hydrogens is 701 g/mol. The molecule has 4 bridgehead atoms. The van der Waals surface area contributed by atoms with Crippen LogP contribution in [0.15, 0.2) is 57.2 Å². The molecule has 4 heterocycles. The molecule has 4 aliphatic carbocycles. The summed E-state index contributed by atoms with van der Waals surface area (Å²) in [6.45, 7) is 8.63. The molecule has 2 amide bonds. The van der Waals surface area contributed by atoms with E-state index >= 15 is 0 Å². The first-order valence-corrected chi connectivity index (χ1v) is 21.8. The van der Waals surface area contributed by atoms with Crippen LogP contribution < -0.4 is 11.1 Å². The van der Waals surface area contributed by atoms with Crippen LogP contribution >= 0.6 is 0 Å². The van der Waals surface area contributed by atoms with Gasteiger partial charge in [0.05, 0.1) is 24.2 Å². The quantitative estimate of drug-likeness (QED) is 0.195. The van der Waals surface area contributed by atoms with Crippen LogP contribution in [0.2, 0.25) is 0 Å². The molecule has 8 rings (SSSR count). The highest BCUT2D eigenvalue weighted by Crippen LogP contribution is 2.58. The number of rotatable bonds is 13. The second kappa shape index (κ2) is 15.9. The van der Waals surface area contributed by atoms with E-state index in [2.05, 4.69) is 69.7 Å². The Labute approximate surface area is 332 Å². The van der Waals surface area contributed by atoms with Gasteiger partial charge in [-0.3, -0.25) is 29.0 Å². The average molecular weight is 765 g/mol. The predicted molar refractivity (Wildman–Crippen MR) is 220 cm³/mol. The fraction of sp³-hybridized carbons (Fsp3) is 0.652. The summed E-state index contributed by atoms with van der Waals surface area (Å²) in [4.78, 5) is 67.8. The Hall–Kier alpha value is -3.76. The van der Waals surface area contributed by atoms with Crippen molar-refractivity contribution in [3.8, 4) is 0 Å². The van der Waals surface area contributed by atoms with Gasteiger partial charge in [-0.1, -0.05) is 49.0 Å². The maximum absolute atomic E-state index is 14.1. The van der Waals surface area contributed by atoms with Crippen molar-refractivity contribution in [2.45, 2.75) is 115 Å². The number of carbonyl (C=O) groups is 2. The number of likely N-dealkylation sites (tertiary alicyclic amines) is 2. The first kappa shape index (κ1) is 39.1. The highest BCUT2D eigenvalue weighted by Gasteiger charge is 2.58. The number of H-pyrrole nitrogens is 2. The molecule has 56 heavy (non-hydrogen) atoms. The Bertz CT molecular complexity index is 1860. The molecule has 0 spiro atoms. The second-order valence-corrected chi connectivity index (χ2v) is 18.6. The van der Waals surface area contributed by atoms with Crippen molar-refractivity contribution < 1.29 is 9.59 Å². The number of nitrogens with one attached hydrogen (secondary N) is 2. The van der Waals surface area contributed by atoms with Crippen molar-refractivity contribution in [3.05, 3.63) is 90.8 Å². The number of allylic oxidation sites excluding steroid dienone is 2.